The number of aromatic nitrogens is 2. The van der Waals surface area contributed by atoms with Crippen molar-refractivity contribution in [1.82, 2.24) is 10.2 Å². The molecule has 1 aromatic rings. The minimum Gasteiger partial charge on any atom is -0.397 e. The number of nitrogens with zero attached hydrogens (tertiary/aromatic N) is 1. The number of aliphatic hydroxyl groups is 1. The molecule has 58 valence electrons. The van der Waals surface area contributed by atoms with Gasteiger partial charge in [-0.1, -0.05) is 0 Å². The number of hydrogen-bond donors (Lipinski definition) is 2. The molecule has 0 bridgehead atoms. The molecule has 10 heavy (non-hydrogen) atoms. The number of hydrogen-bond acceptors (Lipinski definition) is 2. The third-order valence-corrected chi connectivity index (χ3v) is 1.08. The van der Waals surface area contributed by atoms with Gasteiger partial charge in [-0.25, -0.2) is 0 Å². The summed E-state index contributed by atoms with van der Waals surface area (Å²) in [5, 5.41) is 14.2. The van der Waals surface area contributed by atoms with Crippen molar-refractivity contribution in [1.29, 1.82) is 0 Å². The first-order valence-electron chi connectivity index (χ1n) is 3.30. The highest BCUT2D eigenvalue weighted by molar-refractivity contribution is 5.10. The molecule has 3 heteroatoms. The van der Waals surface area contributed by atoms with Crippen molar-refractivity contribution < 1.29 is 5.11 Å². The van der Waals surface area contributed by atoms with Crippen LogP contribution >= 0.6 is 0 Å². The second-order valence-corrected chi connectivity index (χ2v) is 1.97. The zero-order valence-corrected chi connectivity index (χ0v) is 6.68. The van der Waals surface area contributed by atoms with Crippen molar-refractivity contribution in [3.8, 4) is 0 Å². The predicted octanol–water partition coefficient (Wildman–Crippen LogP) is 1.03. The van der Waals surface area contributed by atoms with E-state index < -0.39 is 0 Å². The zero-order chi connectivity index (χ0) is 7.98. The average molecular weight is 142 g/mol. The van der Waals surface area contributed by atoms with E-state index in [1.807, 2.05) is 20.0 Å². The van der Waals surface area contributed by atoms with Crippen LogP contribution in [-0.2, 0) is 0 Å². The predicted molar refractivity (Wildman–Crippen MR) is 40.8 cm³/mol. The lowest BCUT2D eigenvalue weighted by Crippen LogP contribution is -1.70. The molecule has 0 spiro atoms. The number of aliphatic hydroxyl groups excluding tert-OH is 1. The first kappa shape index (κ1) is 9.17. The van der Waals surface area contributed by atoms with Gasteiger partial charge in [-0.05, 0) is 26.3 Å². The van der Waals surface area contributed by atoms with Gasteiger partial charge in [0.05, 0.1) is 5.69 Å². The van der Waals surface area contributed by atoms with Crippen molar-refractivity contribution >= 4 is 0 Å². The van der Waals surface area contributed by atoms with Gasteiger partial charge >= 0.3 is 0 Å². The molecule has 1 rings (SSSR count). The Bertz CT molecular complexity index is 155. The van der Waals surface area contributed by atoms with Crippen LogP contribution in [0.1, 0.15) is 18.2 Å². The normalized spacial score (nSPS) is 8.40. The maximum atomic E-state index is 7.57. The summed E-state index contributed by atoms with van der Waals surface area (Å²) in [7, 11) is 0. The molecule has 0 aliphatic rings. The van der Waals surface area contributed by atoms with Crippen molar-refractivity contribution in [2.75, 3.05) is 6.61 Å². The van der Waals surface area contributed by atoms with Gasteiger partial charge < -0.3 is 5.11 Å². The van der Waals surface area contributed by atoms with Gasteiger partial charge in [0.2, 0.25) is 0 Å². The van der Waals surface area contributed by atoms with Gasteiger partial charge in [0.25, 0.3) is 0 Å². The topological polar surface area (TPSA) is 48.9 Å². The van der Waals surface area contributed by atoms with E-state index in [1.165, 1.54) is 5.56 Å². The molecular formula is C7H14N2O. The molecule has 0 radical (unpaired) electrons. The molecule has 0 saturated carbocycles. The monoisotopic (exact) mass is 142 g/mol. The van der Waals surface area contributed by atoms with Gasteiger partial charge in [-0.2, -0.15) is 5.10 Å². The Hall–Kier alpha value is -0.830. The average Bonchev–Trinajstić information content (AvgIpc) is 2.19. The molecular weight excluding hydrogens is 128 g/mol. The molecule has 1 heterocycles. The smallest absolute Gasteiger partial charge is 0.0620 e. The SMILES string of the molecule is CCO.Cc1c[nH]nc1C. The van der Waals surface area contributed by atoms with E-state index >= 15 is 0 Å². The molecule has 3 nitrogen and oxygen atoms in total. The number of rotatable bonds is 0. The van der Waals surface area contributed by atoms with Crippen LogP contribution in [0.5, 0.6) is 0 Å². The fraction of sp³-hybridized carbons (Fsp3) is 0.571. The Kier molecular flexibility index (Phi) is 4.58. The van der Waals surface area contributed by atoms with Crippen LogP contribution in [-0.4, -0.2) is 21.9 Å². The summed E-state index contributed by atoms with van der Waals surface area (Å²) in [4.78, 5) is 0. The molecule has 0 aliphatic heterocycles. The van der Waals surface area contributed by atoms with E-state index in [2.05, 4.69) is 10.2 Å². The molecule has 1 aromatic heterocycles. The Labute approximate surface area is 61.1 Å². The molecule has 0 unspecified atom stereocenters. The number of nitrogens with one attached hydrogen (secondary N) is 1. The second-order valence-electron chi connectivity index (χ2n) is 1.97. The van der Waals surface area contributed by atoms with E-state index in [0.29, 0.717) is 0 Å². The van der Waals surface area contributed by atoms with E-state index in [-0.39, 0.29) is 6.61 Å². The van der Waals surface area contributed by atoms with Crippen LogP contribution in [0.3, 0.4) is 0 Å². The van der Waals surface area contributed by atoms with E-state index in [0.717, 1.165) is 5.69 Å². The lowest BCUT2D eigenvalue weighted by atomic mass is 10.3. The fourth-order valence-electron chi connectivity index (χ4n) is 0.419. The van der Waals surface area contributed by atoms with Crippen LogP contribution in [0.2, 0.25) is 0 Å². The minimum atomic E-state index is 0.250. The summed E-state index contributed by atoms with van der Waals surface area (Å²) in [6.45, 7) is 5.94. The van der Waals surface area contributed by atoms with E-state index in [4.69, 9.17) is 5.11 Å². The Morgan fingerprint density at radius 3 is 2.20 bits per heavy atom. The van der Waals surface area contributed by atoms with E-state index in [9.17, 15) is 0 Å². The molecule has 0 saturated heterocycles. The second kappa shape index (κ2) is 4.99. The van der Waals surface area contributed by atoms with Gasteiger partial charge in [-0.3, -0.25) is 5.10 Å². The van der Waals surface area contributed by atoms with Crippen molar-refractivity contribution in [2.45, 2.75) is 20.8 Å². The minimum absolute atomic E-state index is 0.250. The zero-order valence-electron chi connectivity index (χ0n) is 6.68. The maximum Gasteiger partial charge on any atom is 0.0620 e. The van der Waals surface area contributed by atoms with Crippen LogP contribution < -0.4 is 0 Å². The molecule has 0 amide bonds. The Balaban J connectivity index is 0.000000236. The lowest BCUT2D eigenvalue weighted by Gasteiger charge is -1.76. The van der Waals surface area contributed by atoms with Gasteiger partial charge in [0.1, 0.15) is 0 Å². The number of H-pyrrole nitrogens is 1. The fourth-order valence-corrected chi connectivity index (χ4v) is 0.419. The summed E-state index contributed by atoms with van der Waals surface area (Å²) in [6.07, 6.45) is 1.88. The Morgan fingerprint density at radius 2 is 2.10 bits per heavy atom. The summed E-state index contributed by atoms with van der Waals surface area (Å²) < 4.78 is 0. The third-order valence-electron chi connectivity index (χ3n) is 1.08. The number of aryl methyl sites for hydroxylation is 2. The molecule has 0 aliphatic carbocycles. The van der Waals surface area contributed by atoms with Gasteiger partial charge in [0, 0.05) is 12.8 Å². The highest BCUT2D eigenvalue weighted by Gasteiger charge is 1.87. The van der Waals surface area contributed by atoms with Gasteiger partial charge in [0.15, 0.2) is 0 Å². The standard InChI is InChI=1S/C5H8N2.C2H6O/c1-4-3-6-7-5(4)2;1-2-3/h3H,1-2H3,(H,6,7);3H,2H2,1H3. The van der Waals surface area contributed by atoms with Crippen LogP contribution in [0.15, 0.2) is 6.20 Å². The van der Waals surface area contributed by atoms with Crippen molar-refractivity contribution in [2.24, 2.45) is 0 Å². The summed E-state index contributed by atoms with van der Waals surface area (Å²) in [5.41, 5.74) is 2.31. The Morgan fingerprint density at radius 1 is 1.60 bits per heavy atom. The van der Waals surface area contributed by atoms with Crippen molar-refractivity contribution in [3.63, 3.8) is 0 Å². The first-order chi connectivity index (χ1) is 4.72. The molecule has 0 aromatic carbocycles. The number of aromatic amines is 1. The first-order valence-corrected chi connectivity index (χ1v) is 3.30. The summed E-state index contributed by atoms with van der Waals surface area (Å²) >= 11 is 0. The van der Waals surface area contributed by atoms with Crippen LogP contribution in [0.25, 0.3) is 0 Å². The van der Waals surface area contributed by atoms with Crippen molar-refractivity contribution in [3.05, 3.63) is 17.5 Å². The van der Waals surface area contributed by atoms with Gasteiger partial charge in [-0.15, -0.1) is 0 Å². The highest BCUT2D eigenvalue weighted by Crippen LogP contribution is 1.96. The molecule has 0 atom stereocenters. The largest absolute Gasteiger partial charge is 0.397 e. The quantitative estimate of drug-likeness (QED) is 0.568. The summed E-state index contributed by atoms with van der Waals surface area (Å²) in [6, 6.07) is 0. The molecule has 2 N–H and O–H groups in total. The van der Waals surface area contributed by atoms with E-state index in [1.54, 1.807) is 6.92 Å². The lowest BCUT2D eigenvalue weighted by molar-refractivity contribution is 0.318. The van der Waals surface area contributed by atoms with Crippen LogP contribution in [0.4, 0.5) is 0 Å². The maximum absolute atomic E-state index is 7.57. The summed E-state index contributed by atoms with van der Waals surface area (Å²) in [5.74, 6) is 0. The highest BCUT2D eigenvalue weighted by atomic mass is 16.2. The third kappa shape index (κ3) is 3.25. The van der Waals surface area contributed by atoms with Crippen LogP contribution in [0, 0.1) is 13.8 Å². The molecule has 0 fully saturated rings.